The molecule has 1 aromatic rings. The summed E-state index contributed by atoms with van der Waals surface area (Å²) in [4.78, 5) is 2.39. The fraction of sp³-hybridized carbons (Fsp3) is 0.625. The van der Waals surface area contributed by atoms with Crippen molar-refractivity contribution < 1.29 is 0 Å². The van der Waals surface area contributed by atoms with Gasteiger partial charge in [-0.1, -0.05) is 36.0 Å². The van der Waals surface area contributed by atoms with E-state index in [2.05, 4.69) is 24.3 Å². The molecule has 0 radical (unpaired) electrons. The Hall–Kier alpha value is -0.280. The normalized spacial score (nSPS) is 19.5. The van der Waals surface area contributed by atoms with Crippen molar-refractivity contribution in [2.24, 2.45) is 0 Å². The highest BCUT2D eigenvalue weighted by atomic mass is 35.5. The zero-order valence-corrected chi connectivity index (χ0v) is 14.1. The first kappa shape index (κ1) is 16.1. The maximum Gasteiger partial charge on any atom is 0.0439 e. The lowest BCUT2D eigenvalue weighted by atomic mass is 9.83. The molecule has 1 aliphatic carbocycles. The number of hydrogen-bond donors (Lipinski definition) is 1. The van der Waals surface area contributed by atoms with Crippen LogP contribution in [0.15, 0.2) is 18.2 Å². The van der Waals surface area contributed by atoms with Crippen LogP contribution in [-0.2, 0) is 6.42 Å². The maximum atomic E-state index is 6.33. The van der Waals surface area contributed by atoms with Gasteiger partial charge in [-0.3, -0.25) is 0 Å². The Morgan fingerprint density at radius 2 is 1.90 bits per heavy atom. The minimum atomic E-state index is 0.223. The molecule has 0 aliphatic heterocycles. The van der Waals surface area contributed by atoms with Crippen LogP contribution >= 0.6 is 23.2 Å². The molecule has 0 amide bonds. The van der Waals surface area contributed by atoms with Crippen LogP contribution in [0.3, 0.4) is 0 Å². The first-order chi connectivity index (χ1) is 9.49. The topological polar surface area (TPSA) is 15.3 Å². The Bertz CT molecular complexity index is 454. The third kappa shape index (κ3) is 3.14. The SMILES string of the molecule is CNC(Cc1cc(Cl)ccc1Cl)C1(N(C)C)CCCC1. The van der Waals surface area contributed by atoms with Crippen molar-refractivity contribution in [2.45, 2.75) is 43.7 Å². The van der Waals surface area contributed by atoms with Gasteiger partial charge in [0, 0.05) is 21.6 Å². The molecule has 1 saturated carbocycles. The maximum absolute atomic E-state index is 6.33. The summed E-state index contributed by atoms with van der Waals surface area (Å²) in [5.74, 6) is 0. The molecule has 1 aliphatic rings. The molecule has 1 unspecified atom stereocenters. The van der Waals surface area contributed by atoms with Crippen LogP contribution < -0.4 is 5.32 Å². The third-order valence-corrected chi connectivity index (χ3v) is 5.39. The summed E-state index contributed by atoms with van der Waals surface area (Å²) >= 11 is 12.4. The van der Waals surface area contributed by atoms with Gasteiger partial charge in [0.15, 0.2) is 0 Å². The molecule has 1 fully saturated rings. The first-order valence-electron chi connectivity index (χ1n) is 7.28. The van der Waals surface area contributed by atoms with Gasteiger partial charge in [-0.05, 0) is 64.2 Å². The average molecular weight is 315 g/mol. The van der Waals surface area contributed by atoms with E-state index < -0.39 is 0 Å². The second kappa shape index (κ2) is 6.65. The van der Waals surface area contributed by atoms with E-state index in [1.54, 1.807) is 0 Å². The zero-order chi connectivity index (χ0) is 14.8. The van der Waals surface area contributed by atoms with Gasteiger partial charge in [-0.15, -0.1) is 0 Å². The van der Waals surface area contributed by atoms with Crippen molar-refractivity contribution >= 4 is 23.2 Å². The Balaban J connectivity index is 2.26. The zero-order valence-electron chi connectivity index (χ0n) is 12.5. The summed E-state index contributed by atoms with van der Waals surface area (Å²) < 4.78 is 0. The van der Waals surface area contributed by atoms with Gasteiger partial charge in [0.25, 0.3) is 0 Å². The van der Waals surface area contributed by atoms with Crippen LogP contribution in [0.1, 0.15) is 31.2 Å². The van der Waals surface area contributed by atoms with Crippen LogP contribution in [0.5, 0.6) is 0 Å². The highest BCUT2D eigenvalue weighted by molar-refractivity contribution is 6.33. The van der Waals surface area contributed by atoms with E-state index >= 15 is 0 Å². The largest absolute Gasteiger partial charge is 0.315 e. The number of hydrogen-bond acceptors (Lipinski definition) is 2. The molecule has 0 heterocycles. The smallest absolute Gasteiger partial charge is 0.0439 e. The van der Waals surface area contributed by atoms with Crippen molar-refractivity contribution in [2.75, 3.05) is 21.1 Å². The van der Waals surface area contributed by atoms with E-state index in [4.69, 9.17) is 23.2 Å². The van der Waals surface area contributed by atoms with Crippen molar-refractivity contribution in [1.82, 2.24) is 10.2 Å². The highest BCUT2D eigenvalue weighted by Crippen LogP contribution is 2.38. The Morgan fingerprint density at radius 3 is 2.45 bits per heavy atom. The molecule has 0 spiro atoms. The molecule has 0 aromatic heterocycles. The van der Waals surface area contributed by atoms with Crippen molar-refractivity contribution in [3.63, 3.8) is 0 Å². The fourth-order valence-electron chi connectivity index (χ4n) is 3.57. The van der Waals surface area contributed by atoms with Crippen LogP contribution in [0.25, 0.3) is 0 Å². The first-order valence-corrected chi connectivity index (χ1v) is 8.04. The number of nitrogens with zero attached hydrogens (tertiary/aromatic N) is 1. The van der Waals surface area contributed by atoms with E-state index in [1.165, 1.54) is 25.7 Å². The minimum Gasteiger partial charge on any atom is -0.315 e. The summed E-state index contributed by atoms with van der Waals surface area (Å²) in [5.41, 5.74) is 1.35. The summed E-state index contributed by atoms with van der Waals surface area (Å²) in [5, 5.41) is 5.08. The van der Waals surface area contributed by atoms with Gasteiger partial charge in [0.05, 0.1) is 0 Å². The lowest BCUT2D eigenvalue weighted by Gasteiger charge is -2.43. The van der Waals surface area contributed by atoms with Crippen molar-refractivity contribution in [3.8, 4) is 0 Å². The predicted octanol–water partition coefficient (Wildman–Crippen LogP) is 4.00. The molecule has 2 nitrogen and oxygen atoms in total. The van der Waals surface area contributed by atoms with Crippen LogP contribution in [0.4, 0.5) is 0 Å². The number of benzene rings is 1. The van der Waals surface area contributed by atoms with Crippen LogP contribution in [0, 0.1) is 0 Å². The predicted molar refractivity (Wildman–Crippen MR) is 87.9 cm³/mol. The third-order valence-electron chi connectivity index (χ3n) is 4.79. The second-order valence-corrected chi connectivity index (χ2v) is 6.83. The minimum absolute atomic E-state index is 0.223. The van der Waals surface area contributed by atoms with Gasteiger partial charge in [-0.2, -0.15) is 0 Å². The molecular weight excluding hydrogens is 291 g/mol. The molecule has 1 aromatic carbocycles. The van der Waals surface area contributed by atoms with E-state index in [9.17, 15) is 0 Å². The molecule has 112 valence electrons. The molecule has 0 bridgehead atoms. The number of halogens is 2. The van der Waals surface area contributed by atoms with Crippen LogP contribution in [0.2, 0.25) is 10.0 Å². The number of likely N-dealkylation sites (N-methyl/N-ethyl adjacent to an activating group) is 2. The molecule has 0 saturated heterocycles. The summed E-state index contributed by atoms with van der Waals surface area (Å²) in [7, 11) is 6.43. The highest BCUT2D eigenvalue weighted by Gasteiger charge is 2.42. The Kier molecular flexibility index (Phi) is 5.36. The lowest BCUT2D eigenvalue weighted by molar-refractivity contribution is 0.108. The number of nitrogens with one attached hydrogen (secondary N) is 1. The van der Waals surface area contributed by atoms with Gasteiger partial charge < -0.3 is 10.2 Å². The molecular formula is C16H24Cl2N2. The van der Waals surface area contributed by atoms with Gasteiger partial charge >= 0.3 is 0 Å². The van der Waals surface area contributed by atoms with Gasteiger partial charge in [-0.25, -0.2) is 0 Å². The number of rotatable bonds is 5. The molecule has 2 rings (SSSR count). The summed E-state index contributed by atoms with van der Waals surface area (Å²) in [6, 6.07) is 6.12. The molecule has 1 N–H and O–H groups in total. The Morgan fingerprint density at radius 1 is 1.25 bits per heavy atom. The Labute approximate surface area is 132 Å². The van der Waals surface area contributed by atoms with E-state index in [-0.39, 0.29) is 5.54 Å². The summed E-state index contributed by atoms with van der Waals surface area (Å²) in [6.45, 7) is 0. The quantitative estimate of drug-likeness (QED) is 0.883. The van der Waals surface area contributed by atoms with Crippen molar-refractivity contribution in [1.29, 1.82) is 0 Å². The van der Waals surface area contributed by atoms with E-state index in [0.29, 0.717) is 6.04 Å². The fourth-order valence-corrected chi connectivity index (χ4v) is 3.96. The van der Waals surface area contributed by atoms with Crippen molar-refractivity contribution in [3.05, 3.63) is 33.8 Å². The van der Waals surface area contributed by atoms with E-state index in [0.717, 1.165) is 22.0 Å². The molecule has 1 atom stereocenters. The standard InChI is InChI=1S/C16H24Cl2N2/c1-19-15(16(20(2)3)8-4-5-9-16)11-12-10-13(17)6-7-14(12)18/h6-7,10,15,19H,4-5,8-9,11H2,1-3H3. The molecule has 4 heteroatoms. The average Bonchev–Trinajstić information content (AvgIpc) is 2.90. The van der Waals surface area contributed by atoms with Gasteiger partial charge in [0.2, 0.25) is 0 Å². The molecule has 20 heavy (non-hydrogen) atoms. The summed E-state index contributed by atoms with van der Waals surface area (Å²) in [6.07, 6.45) is 6.00. The lowest BCUT2D eigenvalue weighted by Crippen LogP contribution is -2.57. The second-order valence-electron chi connectivity index (χ2n) is 5.99. The van der Waals surface area contributed by atoms with E-state index in [1.807, 2.05) is 25.2 Å². The van der Waals surface area contributed by atoms with Crippen LogP contribution in [-0.4, -0.2) is 37.6 Å². The van der Waals surface area contributed by atoms with Gasteiger partial charge in [0.1, 0.15) is 0 Å². The monoisotopic (exact) mass is 314 g/mol.